The molecule has 2 aromatic carbocycles. The van der Waals surface area contributed by atoms with Crippen LogP contribution in [0.4, 0.5) is 11.5 Å². The van der Waals surface area contributed by atoms with E-state index in [0.717, 1.165) is 24.1 Å². The van der Waals surface area contributed by atoms with E-state index < -0.39 is 0 Å². The van der Waals surface area contributed by atoms with Crippen LogP contribution in [0.2, 0.25) is 0 Å². The highest BCUT2D eigenvalue weighted by molar-refractivity contribution is 5.92. The zero-order chi connectivity index (χ0) is 18.2. The summed E-state index contributed by atoms with van der Waals surface area (Å²) in [7, 11) is 0. The molecule has 26 heavy (non-hydrogen) atoms. The van der Waals surface area contributed by atoms with Crippen molar-refractivity contribution in [3.8, 4) is 0 Å². The van der Waals surface area contributed by atoms with Gasteiger partial charge in [-0.05, 0) is 43.0 Å². The lowest BCUT2D eigenvalue weighted by molar-refractivity contribution is 0.0948. The minimum atomic E-state index is -0.187. The molecule has 0 aliphatic heterocycles. The fourth-order valence-electron chi connectivity index (χ4n) is 2.65. The van der Waals surface area contributed by atoms with Crippen LogP contribution >= 0.6 is 0 Å². The summed E-state index contributed by atoms with van der Waals surface area (Å²) >= 11 is 0. The van der Waals surface area contributed by atoms with Crippen LogP contribution in [0.15, 0.2) is 67.0 Å². The van der Waals surface area contributed by atoms with E-state index in [4.69, 9.17) is 0 Å². The maximum atomic E-state index is 12.3. The maximum Gasteiger partial charge on any atom is 0.270 e. The van der Waals surface area contributed by atoms with Gasteiger partial charge in [0.25, 0.3) is 5.91 Å². The van der Waals surface area contributed by atoms with Gasteiger partial charge in [-0.3, -0.25) is 4.79 Å². The third-order valence-corrected chi connectivity index (χ3v) is 3.96. The largest absolute Gasteiger partial charge is 0.351 e. The van der Waals surface area contributed by atoms with E-state index in [0.29, 0.717) is 18.1 Å². The van der Waals surface area contributed by atoms with Crippen LogP contribution in [-0.4, -0.2) is 22.4 Å². The summed E-state index contributed by atoms with van der Waals surface area (Å²) in [6.07, 6.45) is 3.22. The minimum Gasteiger partial charge on any atom is -0.351 e. The molecule has 1 aromatic heterocycles. The average Bonchev–Trinajstić information content (AvgIpc) is 2.66. The van der Waals surface area contributed by atoms with Crippen LogP contribution in [-0.2, 0) is 6.42 Å². The van der Waals surface area contributed by atoms with Crippen molar-refractivity contribution in [2.75, 3.05) is 11.9 Å². The lowest BCUT2D eigenvalue weighted by Gasteiger charge is -2.08. The van der Waals surface area contributed by atoms with Crippen molar-refractivity contribution in [3.63, 3.8) is 0 Å². The zero-order valence-electron chi connectivity index (χ0n) is 14.8. The zero-order valence-corrected chi connectivity index (χ0v) is 14.8. The number of hydrogen-bond donors (Lipinski definition) is 2. The molecule has 1 amide bonds. The van der Waals surface area contributed by atoms with Crippen molar-refractivity contribution in [1.29, 1.82) is 0 Å². The Labute approximate surface area is 153 Å². The van der Waals surface area contributed by atoms with E-state index in [1.807, 2.05) is 49.4 Å². The third kappa shape index (κ3) is 5.14. The molecule has 0 saturated carbocycles. The van der Waals surface area contributed by atoms with Crippen molar-refractivity contribution in [3.05, 3.63) is 83.8 Å². The number of nitrogens with zero attached hydrogens (tertiary/aromatic N) is 2. The number of hydrogen-bond acceptors (Lipinski definition) is 4. The van der Waals surface area contributed by atoms with Crippen LogP contribution in [0.3, 0.4) is 0 Å². The second kappa shape index (κ2) is 8.76. The lowest BCUT2D eigenvalue weighted by atomic mass is 10.1. The van der Waals surface area contributed by atoms with Crippen molar-refractivity contribution >= 4 is 17.4 Å². The number of aromatic nitrogens is 2. The number of carbonyl (C=O) groups is 1. The van der Waals surface area contributed by atoms with E-state index in [1.165, 1.54) is 11.9 Å². The summed E-state index contributed by atoms with van der Waals surface area (Å²) in [5.74, 6) is 0.410. The van der Waals surface area contributed by atoms with Crippen molar-refractivity contribution in [2.45, 2.75) is 19.8 Å². The Morgan fingerprint density at radius 1 is 1.00 bits per heavy atom. The van der Waals surface area contributed by atoms with E-state index in [-0.39, 0.29) is 5.91 Å². The molecule has 132 valence electrons. The summed E-state index contributed by atoms with van der Waals surface area (Å²) in [6.45, 7) is 2.64. The standard InChI is InChI=1S/C21H22N4O/c1-16-7-5-11-18(13-16)25-20-14-19(23-15-24-20)21(26)22-12-6-10-17-8-3-2-4-9-17/h2-5,7-9,11,13-15H,6,10,12H2,1H3,(H,22,26)(H,23,24,25). The van der Waals surface area contributed by atoms with Crippen LogP contribution in [0.5, 0.6) is 0 Å². The highest BCUT2D eigenvalue weighted by atomic mass is 16.1. The molecule has 0 aliphatic rings. The summed E-state index contributed by atoms with van der Waals surface area (Å²) in [4.78, 5) is 20.5. The maximum absolute atomic E-state index is 12.3. The summed E-state index contributed by atoms with van der Waals surface area (Å²) in [5, 5.41) is 6.11. The number of anilines is 2. The molecule has 0 atom stereocenters. The molecule has 5 nitrogen and oxygen atoms in total. The summed E-state index contributed by atoms with van der Waals surface area (Å²) in [6, 6.07) is 19.9. The summed E-state index contributed by atoms with van der Waals surface area (Å²) in [5.41, 5.74) is 3.71. The van der Waals surface area contributed by atoms with Crippen LogP contribution in [0.1, 0.15) is 28.0 Å². The van der Waals surface area contributed by atoms with Gasteiger partial charge < -0.3 is 10.6 Å². The van der Waals surface area contributed by atoms with Crippen LogP contribution in [0, 0.1) is 6.92 Å². The van der Waals surface area contributed by atoms with Gasteiger partial charge in [0.15, 0.2) is 0 Å². The minimum absolute atomic E-state index is 0.187. The Morgan fingerprint density at radius 3 is 2.65 bits per heavy atom. The van der Waals surface area contributed by atoms with E-state index in [2.05, 4.69) is 32.7 Å². The van der Waals surface area contributed by atoms with Crippen LogP contribution in [0.25, 0.3) is 0 Å². The molecule has 3 rings (SSSR count). The molecule has 0 saturated heterocycles. The molecule has 0 aliphatic carbocycles. The monoisotopic (exact) mass is 346 g/mol. The van der Waals surface area contributed by atoms with Gasteiger partial charge in [0.1, 0.15) is 17.8 Å². The third-order valence-electron chi connectivity index (χ3n) is 3.96. The van der Waals surface area contributed by atoms with E-state index >= 15 is 0 Å². The Balaban J connectivity index is 1.53. The molecule has 2 N–H and O–H groups in total. The molecule has 5 heteroatoms. The number of rotatable bonds is 7. The van der Waals surface area contributed by atoms with Gasteiger partial charge >= 0.3 is 0 Å². The SMILES string of the molecule is Cc1cccc(Nc2cc(C(=O)NCCCc3ccccc3)ncn2)c1. The predicted molar refractivity (Wildman–Crippen MR) is 104 cm³/mol. The average molecular weight is 346 g/mol. The first-order valence-corrected chi connectivity index (χ1v) is 8.68. The molecule has 0 fully saturated rings. The molecule has 3 aromatic rings. The Morgan fingerprint density at radius 2 is 1.85 bits per heavy atom. The van der Waals surface area contributed by atoms with Gasteiger partial charge in [-0.2, -0.15) is 0 Å². The first kappa shape index (κ1) is 17.6. The molecule has 0 unspecified atom stereocenters. The topological polar surface area (TPSA) is 66.9 Å². The molecule has 0 spiro atoms. The van der Waals surface area contributed by atoms with Gasteiger partial charge in [-0.1, -0.05) is 42.5 Å². The number of nitrogens with one attached hydrogen (secondary N) is 2. The second-order valence-corrected chi connectivity index (χ2v) is 6.13. The van der Waals surface area contributed by atoms with E-state index in [9.17, 15) is 4.79 Å². The molecule has 0 radical (unpaired) electrons. The smallest absolute Gasteiger partial charge is 0.270 e. The number of benzene rings is 2. The summed E-state index contributed by atoms with van der Waals surface area (Å²) < 4.78 is 0. The van der Waals surface area contributed by atoms with Crippen molar-refractivity contribution in [1.82, 2.24) is 15.3 Å². The first-order chi connectivity index (χ1) is 12.7. The Kier molecular flexibility index (Phi) is 5.93. The van der Waals surface area contributed by atoms with Crippen LogP contribution < -0.4 is 10.6 Å². The van der Waals surface area contributed by atoms with Crippen molar-refractivity contribution in [2.24, 2.45) is 0 Å². The predicted octanol–water partition coefficient (Wildman–Crippen LogP) is 3.89. The fourth-order valence-corrected chi connectivity index (χ4v) is 2.65. The van der Waals surface area contributed by atoms with Gasteiger partial charge in [-0.15, -0.1) is 0 Å². The fraction of sp³-hybridized carbons (Fsp3) is 0.190. The highest BCUT2D eigenvalue weighted by Crippen LogP contribution is 2.15. The van der Waals surface area contributed by atoms with Gasteiger partial charge in [-0.25, -0.2) is 9.97 Å². The number of aryl methyl sites for hydroxylation is 2. The quantitative estimate of drug-likeness (QED) is 0.637. The molecule has 1 heterocycles. The highest BCUT2D eigenvalue weighted by Gasteiger charge is 2.08. The normalized spacial score (nSPS) is 10.3. The molecule has 0 bridgehead atoms. The first-order valence-electron chi connectivity index (χ1n) is 8.68. The Bertz CT molecular complexity index is 865. The number of carbonyl (C=O) groups excluding carboxylic acids is 1. The Hall–Kier alpha value is -3.21. The van der Waals surface area contributed by atoms with Crippen molar-refractivity contribution < 1.29 is 4.79 Å². The number of amides is 1. The van der Waals surface area contributed by atoms with Gasteiger partial charge in [0.2, 0.25) is 0 Å². The van der Waals surface area contributed by atoms with E-state index in [1.54, 1.807) is 6.07 Å². The molecular formula is C21H22N4O. The lowest BCUT2D eigenvalue weighted by Crippen LogP contribution is -2.25. The van der Waals surface area contributed by atoms with Gasteiger partial charge in [0, 0.05) is 18.3 Å². The van der Waals surface area contributed by atoms with Gasteiger partial charge in [0.05, 0.1) is 0 Å². The second-order valence-electron chi connectivity index (χ2n) is 6.13. The molecular weight excluding hydrogens is 324 g/mol.